The maximum Gasteiger partial charge on any atom is 0.129 e. The Kier molecular flexibility index (Phi) is 2.20. The lowest BCUT2D eigenvalue weighted by Gasteiger charge is -2.29. The van der Waals surface area contributed by atoms with Crippen molar-refractivity contribution in [3.63, 3.8) is 0 Å². The van der Waals surface area contributed by atoms with Crippen molar-refractivity contribution in [2.45, 2.75) is 31.5 Å². The minimum Gasteiger partial charge on any atom is -0.391 e. The molecule has 2 saturated carbocycles. The fraction of sp³-hybridized carbons (Fsp3) is 0.643. The van der Waals surface area contributed by atoms with Gasteiger partial charge in [0.15, 0.2) is 0 Å². The van der Waals surface area contributed by atoms with Crippen LogP contribution in [0.3, 0.4) is 0 Å². The van der Waals surface area contributed by atoms with Crippen LogP contribution in [0, 0.1) is 17.8 Å². The second-order valence-corrected chi connectivity index (χ2v) is 5.98. The van der Waals surface area contributed by atoms with Crippen molar-refractivity contribution in [3.05, 3.63) is 23.9 Å². The van der Waals surface area contributed by atoms with Gasteiger partial charge in [-0.25, -0.2) is 4.98 Å². The molecule has 0 amide bonds. The van der Waals surface area contributed by atoms with Crippen molar-refractivity contribution in [2.75, 3.05) is 11.4 Å². The number of hydrogen-bond acceptors (Lipinski definition) is 4. The van der Waals surface area contributed by atoms with Crippen LogP contribution in [0.15, 0.2) is 18.2 Å². The number of aliphatic hydroxyl groups excluding tert-OH is 1. The van der Waals surface area contributed by atoms with E-state index in [1.165, 1.54) is 12.8 Å². The van der Waals surface area contributed by atoms with Crippen LogP contribution in [-0.4, -0.2) is 28.8 Å². The van der Waals surface area contributed by atoms with Gasteiger partial charge >= 0.3 is 0 Å². The summed E-state index contributed by atoms with van der Waals surface area (Å²) < 4.78 is 0. The number of aromatic nitrogens is 1. The molecule has 2 heterocycles. The fourth-order valence-corrected chi connectivity index (χ4v) is 4.42. The minimum atomic E-state index is -0.155. The van der Waals surface area contributed by atoms with E-state index in [1.807, 2.05) is 18.2 Å². The van der Waals surface area contributed by atoms with Gasteiger partial charge in [-0.05, 0) is 42.7 Å². The summed E-state index contributed by atoms with van der Waals surface area (Å²) >= 11 is 0. The van der Waals surface area contributed by atoms with E-state index >= 15 is 0 Å². The lowest BCUT2D eigenvalue weighted by molar-refractivity contribution is 0.0965. The standard InChI is InChI=1S/C14H19N3O/c15-6-10-2-1-3-12(16-10)17-7-9-4-8-5-11(9)13(17)14(8)18/h1-3,8-9,11,13-14,18H,4-7,15H2. The van der Waals surface area contributed by atoms with Gasteiger partial charge in [-0.15, -0.1) is 0 Å². The normalized spacial score (nSPS) is 40.8. The molecular formula is C14H19N3O. The van der Waals surface area contributed by atoms with Crippen LogP contribution < -0.4 is 10.6 Å². The maximum atomic E-state index is 10.4. The molecule has 4 heteroatoms. The minimum absolute atomic E-state index is 0.155. The molecule has 3 N–H and O–H groups in total. The Morgan fingerprint density at radius 1 is 1.33 bits per heavy atom. The van der Waals surface area contributed by atoms with E-state index < -0.39 is 0 Å². The van der Waals surface area contributed by atoms with Crippen molar-refractivity contribution >= 4 is 5.82 Å². The molecule has 4 rings (SSSR count). The highest BCUT2D eigenvalue weighted by Crippen LogP contribution is 2.55. The SMILES string of the molecule is NCc1cccc(N2CC3CC4CC3C2C4O)n1. The number of anilines is 1. The first kappa shape index (κ1) is 10.8. The summed E-state index contributed by atoms with van der Waals surface area (Å²) in [6.45, 7) is 1.54. The summed E-state index contributed by atoms with van der Waals surface area (Å²) in [6.07, 6.45) is 2.26. The predicted octanol–water partition coefficient (Wildman–Crippen LogP) is 0.746. The van der Waals surface area contributed by atoms with Gasteiger partial charge in [-0.3, -0.25) is 0 Å². The molecule has 0 radical (unpaired) electrons. The Balaban J connectivity index is 1.69. The number of nitrogens with zero attached hydrogens (tertiary/aromatic N) is 2. The van der Waals surface area contributed by atoms with E-state index in [-0.39, 0.29) is 6.10 Å². The van der Waals surface area contributed by atoms with Gasteiger partial charge in [0.2, 0.25) is 0 Å². The summed E-state index contributed by atoms with van der Waals surface area (Å²) in [4.78, 5) is 6.94. The van der Waals surface area contributed by atoms with Gasteiger partial charge in [-0.1, -0.05) is 6.07 Å². The Hall–Kier alpha value is -1.13. The molecule has 1 aromatic rings. The van der Waals surface area contributed by atoms with Crippen LogP contribution >= 0.6 is 0 Å². The average molecular weight is 245 g/mol. The quantitative estimate of drug-likeness (QED) is 0.807. The third-order valence-electron chi connectivity index (χ3n) is 5.14. The highest BCUT2D eigenvalue weighted by molar-refractivity contribution is 5.45. The lowest BCUT2D eigenvalue weighted by atomic mass is 9.88. The molecule has 0 aromatic carbocycles. The van der Waals surface area contributed by atoms with E-state index in [9.17, 15) is 5.11 Å². The topological polar surface area (TPSA) is 62.4 Å². The lowest BCUT2D eigenvalue weighted by Crippen LogP contribution is -2.41. The summed E-state index contributed by atoms with van der Waals surface area (Å²) in [5.74, 6) is 2.99. The van der Waals surface area contributed by atoms with Crippen molar-refractivity contribution in [1.29, 1.82) is 0 Å². The van der Waals surface area contributed by atoms with E-state index in [0.717, 1.165) is 24.0 Å². The van der Waals surface area contributed by atoms with Crippen LogP contribution in [0.1, 0.15) is 18.5 Å². The molecule has 5 unspecified atom stereocenters. The van der Waals surface area contributed by atoms with Crippen molar-refractivity contribution in [2.24, 2.45) is 23.5 Å². The van der Waals surface area contributed by atoms with Crippen LogP contribution in [0.25, 0.3) is 0 Å². The first-order valence-corrected chi connectivity index (χ1v) is 6.88. The third kappa shape index (κ3) is 1.30. The van der Waals surface area contributed by atoms with Crippen molar-refractivity contribution < 1.29 is 5.11 Å². The molecule has 2 aliphatic carbocycles. The van der Waals surface area contributed by atoms with Gasteiger partial charge in [-0.2, -0.15) is 0 Å². The zero-order valence-electron chi connectivity index (χ0n) is 10.4. The second kappa shape index (κ2) is 3.68. The largest absolute Gasteiger partial charge is 0.391 e. The van der Waals surface area contributed by atoms with Crippen LogP contribution in [-0.2, 0) is 6.54 Å². The van der Waals surface area contributed by atoms with E-state index in [1.54, 1.807) is 0 Å². The number of pyridine rings is 1. The first-order valence-electron chi connectivity index (χ1n) is 6.88. The van der Waals surface area contributed by atoms with E-state index in [2.05, 4.69) is 9.88 Å². The first-order chi connectivity index (χ1) is 8.78. The van der Waals surface area contributed by atoms with Gasteiger partial charge < -0.3 is 15.7 Å². The number of fused-ring (bicyclic) bond motifs is 1. The highest BCUT2D eigenvalue weighted by Gasteiger charge is 2.59. The van der Waals surface area contributed by atoms with Gasteiger partial charge in [0.05, 0.1) is 17.8 Å². The van der Waals surface area contributed by atoms with Crippen LogP contribution in [0.4, 0.5) is 5.82 Å². The van der Waals surface area contributed by atoms with Crippen molar-refractivity contribution in [1.82, 2.24) is 4.98 Å². The zero-order chi connectivity index (χ0) is 12.3. The number of aliphatic hydroxyl groups is 1. The molecule has 1 saturated heterocycles. The molecule has 4 nitrogen and oxygen atoms in total. The summed E-state index contributed by atoms with van der Waals surface area (Å²) in [7, 11) is 0. The highest BCUT2D eigenvalue weighted by atomic mass is 16.3. The molecular weight excluding hydrogens is 226 g/mol. The smallest absolute Gasteiger partial charge is 0.129 e. The number of rotatable bonds is 2. The fourth-order valence-electron chi connectivity index (χ4n) is 4.42. The molecule has 96 valence electrons. The van der Waals surface area contributed by atoms with Crippen molar-refractivity contribution in [3.8, 4) is 0 Å². The Bertz CT molecular complexity index is 476. The Morgan fingerprint density at radius 3 is 3.00 bits per heavy atom. The maximum absolute atomic E-state index is 10.4. The Labute approximate surface area is 107 Å². The Morgan fingerprint density at radius 2 is 2.22 bits per heavy atom. The van der Waals surface area contributed by atoms with Crippen LogP contribution in [0.5, 0.6) is 0 Å². The van der Waals surface area contributed by atoms with Gasteiger partial charge in [0.25, 0.3) is 0 Å². The summed E-state index contributed by atoms with van der Waals surface area (Å²) in [5.41, 5.74) is 6.58. The third-order valence-corrected chi connectivity index (χ3v) is 5.14. The molecule has 18 heavy (non-hydrogen) atoms. The molecule has 0 spiro atoms. The summed E-state index contributed by atoms with van der Waals surface area (Å²) in [6, 6.07) is 6.32. The molecule has 5 atom stereocenters. The molecule has 3 aliphatic rings. The molecule has 3 fully saturated rings. The molecule has 1 aliphatic heterocycles. The average Bonchev–Trinajstić information content (AvgIpc) is 3.00. The van der Waals surface area contributed by atoms with Gasteiger partial charge in [0, 0.05) is 13.1 Å². The van der Waals surface area contributed by atoms with Crippen LogP contribution in [0.2, 0.25) is 0 Å². The second-order valence-electron chi connectivity index (χ2n) is 5.98. The van der Waals surface area contributed by atoms with E-state index in [0.29, 0.717) is 24.4 Å². The van der Waals surface area contributed by atoms with Gasteiger partial charge in [0.1, 0.15) is 5.82 Å². The van der Waals surface area contributed by atoms with E-state index in [4.69, 9.17) is 5.73 Å². The molecule has 1 aromatic heterocycles. The number of nitrogens with two attached hydrogens (primary N) is 1. The monoisotopic (exact) mass is 245 g/mol. The molecule has 2 bridgehead atoms. The zero-order valence-corrected chi connectivity index (χ0v) is 10.4. The predicted molar refractivity (Wildman–Crippen MR) is 69.0 cm³/mol. The number of hydrogen-bond donors (Lipinski definition) is 2. The summed E-state index contributed by atoms with van der Waals surface area (Å²) in [5, 5.41) is 10.4.